The summed E-state index contributed by atoms with van der Waals surface area (Å²) in [5.41, 5.74) is -0.959. The van der Waals surface area contributed by atoms with Crippen LogP contribution in [0.4, 0.5) is 13.2 Å². The molecule has 2 aromatic carbocycles. The molecule has 0 saturated carbocycles. The van der Waals surface area contributed by atoms with Gasteiger partial charge in [0.05, 0.1) is 11.3 Å². The SMILES string of the molecule is O=c1cc(-c2ccccc2Cl)nc(-c2ccccc2C(F)(F)F)[nH]1. The number of nitrogens with zero attached hydrogens (tertiary/aromatic N) is 1. The van der Waals surface area contributed by atoms with Crippen molar-refractivity contribution in [3.63, 3.8) is 0 Å². The number of halogens is 4. The molecule has 0 fully saturated rings. The van der Waals surface area contributed by atoms with Gasteiger partial charge >= 0.3 is 6.18 Å². The van der Waals surface area contributed by atoms with Crippen molar-refractivity contribution in [3.05, 3.63) is 75.5 Å². The average molecular weight is 351 g/mol. The third kappa shape index (κ3) is 3.19. The molecule has 0 amide bonds. The fourth-order valence-electron chi connectivity index (χ4n) is 2.33. The Kier molecular flexibility index (Phi) is 4.15. The minimum absolute atomic E-state index is 0.162. The fourth-order valence-corrected chi connectivity index (χ4v) is 2.56. The van der Waals surface area contributed by atoms with E-state index in [1.807, 2.05) is 0 Å². The van der Waals surface area contributed by atoms with Crippen LogP contribution in [0.15, 0.2) is 59.4 Å². The molecule has 0 atom stereocenters. The highest BCUT2D eigenvalue weighted by atomic mass is 35.5. The van der Waals surface area contributed by atoms with E-state index in [-0.39, 0.29) is 17.1 Å². The van der Waals surface area contributed by atoms with Crippen LogP contribution in [0.5, 0.6) is 0 Å². The first-order chi connectivity index (χ1) is 11.4. The number of hydrogen-bond donors (Lipinski definition) is 1. The highest BCUT2D eigenvalue weighted by molar-refractivity contribution is 6.33. The van der Waals surface area contributed by atoms with Crippen molar-refractivity contribution >= 4 is 11.6 Å². The molecule has 3 aromatic rings. The second-order valence-corrected chi connectivity index (χ2v) is 5.41. The number of hydrogen-bond acceptors (Lipinski definition) is 2. The number of H-pyrrole nitrogens is 1. The lowest BCUT2D eigenvalue weighted by Gasteiger charge is -2.12. The Labute approximate surface area is 139 Å². The molecule has 0 aliphatic carbocycles. The first-order valence-corrected chi connectivity index (χ1v) is 7.27. The summed E-state index contributed by atoms with van der Waals surface area (Å²) in [5.74, 6) is -0.162. The summed E-state index contributed by atoms with van der Waals surface area (Å²) in [7, 11) is 0. The topological polar surface area (TPSA) is 45.8 Å². The van der Waals surface area contributed by atoms with E-state index in [1.54, 1.807) is 24.3 Å². The Bertz CT molecular complexity index is 951. The normalized spacial score (nSPS) is 11.5. The van der Waals surface area contributed by atoms with Gasteiger partial charge in [0.25, 0.3) is 5.56 Å². The summed E-state index contributed by atoms with van der Waals surface area (Å²) in [5, 5.41) is 0.352. The predicted octanol–water partition coefficient (Wildman–Crippen LogP) is 4.78. The lowest BCUT2D eigenvalue weighted by molar-refractivity contribution is -0.137. The zero-order chi connectivity index (χ0) is 17.3. The maximum atomic E-state index is 13.2. The molecular weight excluding hydrogens is 341 g/mol. The maximum absolute atomic E-state index is 13.2. The van der Waals surface area contributed by atoms with Gasteiger partial charge in [-0.1, -0.05) is 48.0 Å². The number of rotatable bonds is 2. The highest BCUT2D eigenvalue weighted by Crippen LogP contribution is 2.36. The lowest BCUT2D eigenvalue weighted by Crippen LogP contribution is -2.12. The molecule has 122 valence electrons. The number of aromatic amines is 1. The molecule has 7 heteroatoms. The van der Waals surface area contributed by atoms with Crippen LogP contribution in [-0.4, -0.2) is 9.97 Å². The van der Waals surface area contributed by atoms with E-state index in [1.165, 1.54) is 24.3 Å². The van der Waals surface area contributed by atoms with Crippen LogP contribution in [0, 0.1) is 0 Å². The number of alkyl halides is 3. The van der Waals surface area contributed by atoms with Gasteiger partial charge in [-0.3, -0.25) is 4.79 Å². The van der Waals surface area contributed by atoms with Crippen molar-refractivity contribution in [2.45, 2.75) is 6.18 Å². The van der Waals surface area contributed by atoms with Gasteiger partial charge in [-0.05, 0) is 12.1 Å². The largest absolute Gasteiger partial charge is 0.417 e. The van der Waals surface area contributed by atoms with Crippen LogP contribution in [-0.2, 0) is 6.18 Å². The second kappa shape index (κ2) is 6.13. The summed E-state index contributed by atoms with van der Waals surface area (Å²) in [6, 6.07) is 12.8. The minimum atomic E-state index is -4.56. The number of nitrogens with one attached hydrogen (secondary N) is 1. The van der Waals surface area contributed by atoms with E-state index in [2.05, 4.69) is 9.97 Å². The van der Waals surface area contributed by atoms with Crippen LogP contribution in [0.2, 0.25) is 5.02 Å². The van der Waals surface area contributed by atoms with Crippen molar-refractivity contribution in [2.24, 2.45) is 0 Å². The smallest absolute Gasteiger partial charge is 0.306 e. The maximum Gasteiger partial charge on any atom is 0.417 e. The molecule has 1 aromatic heterocycles. The van der Waals surface area contributed by atoms with Crippen LogP contribution >= 0.6 is 11.6 Å². The molecule has 0 radical (unpaired) electrons. The molecule has 24 heavy (non-hydrogen) atoms. The molecule has 3 nitrogen and oxygen atoms in total. The zero-order valence-corrected chi connectivity index (χ0v) is 12.8. The molecule has 0 spiro atoms. The molecule has 3 rings (SSSR count). The van der Waals surface area contributed by atoms with Crippen LogP contribution in [0.1, 0.15) is 5.56 Å². The Morgan fingerprint density at radius 2 is 1.58 bits per heavy atom. The first kappa shape index (κ1) is 16.3. The van der Waals surface area contributed by atoms with E-state index in [0.29, 0.717) is 10.6 Å². The molecule has 0 aliphatic rings. The van der Waals surface area contributed by atoms with Gasteiger partial charge in [0.1, 0.15) is 5.82 Å². The number of aromatic nitrogens is 2. The van der Waals surface area contributed by atoms with E-state index in [9.17, 15) is 18.0 Å². The van der Waals surface area contributed by atoms with Crippen molar-refractivity contribution in [1.29, 1.82) is 0 Å². The Morgan fingerprint density at radius 1 is 0.958 bits per heavy atom. The summed E-state index contributed by atoms with van der Waals surface area (Å²) in [6.07, 6.45) is -4.56. The van der Waals surface area contributed by atoms with Crippen molar-refractivity contribution in [2.75, 3.05) is 0 Å². The zero-order valence-electron chi connectivity index (χ0n) is 12.1. The highest BCUT2D eigenvalue weighted by Gasteiger charge is 2.34. The fraction of sp³-hybridized carbons (Fsp3) is 0.0588. The molecule has 0 bridgehead atoms. The van der Waals surface area contributed by atoms with Crippen molar-refractivity contribution in [3.8, 4) is 22.6 Å². The first-order valence-electron chi connectivity index (χ1n) is 6.89. The number of benzene rings is 2. The van der Waals surface area contributed by atoms with E-state index >= 15 is 0 Å². The molecule has 1 heterocycles. The molecule has 0 saturated heterocycles. The van der Waals surface area contributed by atoms with Crippen molar-refractivity contribution in [1.82, 2.24) is 9.97 Å². The predicted molar refractivity (Wildman–Crippen MR) is 85.7 cm³/mol. The summed E-state index contributed by atoms with van der Waals surface area (Å²) >= 11 is 6.08. The van der Waals surface area contributed by atoms with E-state index in [4.69, 9.17) is 11.6 Å². The third-order valence-electron chi connectivity index (χ3n) is 3.38. The minimum Gasteiger partial charge on any atom is -0.306 e. The lowest BCUT2D eigenvalue weighted by atomic mass is 10.1. The third-order valence-corrected chi connectivity index (χ3v) is 3.71. The molecule has 1 N–H and O–H groups in total. The Hall–Kier alpha value is -2.60. The van der Waals surface area contributed by atoms with E-state index < -0.39 is 17.3 Å². The van der Waals surface area contributed by atoms with Crippen LogP contribution in [0.25, 0.3) is 22.6 Å². The van der Waals surface area contributed by atoms with Gasteiger partial charge < -0.3 is 4.98 Å². The van der Waals surface area contributed by atoms with Crippen LogP contribution < -0.4 is 5.56 Å². The Morgan fingerprint density at radius 3 is 2.25 bits per heavy atom. The van der Waals surface area contributed by atoms with E-state index in [0.717, 1.165) is 6.07 Å². The van der Waals surface area contributed by atoms with Gasteiger partial charge in [0.15, 0.2) is 0 Å². The summed E-state index contributed by atoms with van der Waals surface area (Å²) < 4.78 is 39.5. The van der Waals surface area contributed by atoms with Gasteiger partial charge in [-0.25, -0.2) is 4.98 Å². The quantitative estimate of drug-likeness (QED) is 0.723. The average Bonchev–Trinajstić information content (AvgIpc) is 2.54. The van der Waals surface area contributed by atoms with Crippen molar-refractivity contribution < 1.29 is 13.2 Å². The van der Waals surface area contributed by atoms with Gasteiger partial charge in [-0.15, -0.1) is 0 Å². The molecule has 0 unspecified atom stereocenters. The van der Waals surface area contributed by atoms with Gasteiger partial charge in [0, 0.05) is 22.2 Å². The van der Waals surface area contributed by atoms with Gasteiger partial charge in [-0.2, -0.15) is 13.2 Å². The molecule has 0 aliphatic heterocycles. The monoisotopic (exact) mass is 350 g/mol. The summed E-state index contributed by atoms with van der Waals surface area (Å²) in [6.45, 7) is 0. The standard InChI is InChI=1S/C17H10ClF3N2O/c18-13-8-4-2-6-11(13)14-9-15(24)23-16(22-14)10-5-1-3-7-12(10)17(19,20)21/h1-9H,(H,22,23,24). The van der Waals surface area contributed by atoms with Gasteiger partial charge in [0.2, 0.25) is 0 Å². The Balaban J connectivity index is 2.22. The molecular formula is C17H10ClF3N2O. The van der Waals surface area contributed by atoms with Crippen LogP contribution in [0.3, 0.4) is 0 Å². The summed E-state index contributed by atoms with van der Waals surface area (Å²) in [4.78, 5) is 18.4. The second-order valence-electron chi connectivity index (χ2n) is 5.00.